The van der Waals surface area contributed by atoms with Crippen LogP contribution in [-0.4, -0.2) is 6.04 Å². The van der Waals surface area contributed by atoms with Crippen LogP contribution in [0.4, 0.5) is 5.69 Å². The summed E-state index contributed by atoms with van der Waals surface area (Å²) in [6.07, 6.45) is 0. The van der Waals surface area contributed by atoms with Gasteiger partial charge in [-0.15, -0.1) is 0 Å². The van der Waals surface area contributed by atoms with Crippen LogP contribution >= 0.6 is 0 Å². The molecule has 3 aromatic rings. The monoisotopic (exact) mass is 357 g/mol. The molecule has 0 heterocycles. The molecule has 1 N–H and O–H groups in total. The normalized spacial score (nSPS) is 12.8. The SMILES string of the molecule is Cc1ccc(NC(C)C(C)C)c(C(C)(c2ccccc2)c2ccccc2)c1. The molecule has 0 aliphatic carbocycles. The first-order chi connectivity index (χ1) is 12.9. The van der Waals surface area contributed by atoms with E-state index in [0.29, 0.717) is 12.0 Å². The molecule has 0 fully saturated rings. The predicted octanol–water partition coefficient (Wildman–Crippen LogP) is 6.81. The van der Waals surface area contributed by atoms with Crippen molar-refractivity contribution in [3.8, 4) is 0 Å². The van der Waals surface area contributed by atoms with Gasteiger partial charge in [0.05, 0.1) is 0 Å². The summed E-state index contributed by atoms with van der Waals surface area (Å²) < 4.78 is 0. The first-order valence-corrected chi connectivity index (χ1v) is 9.91. The van der Waals surface area contributed by atoms with E-state index in [2.05, 4.69) is 119 Å². The van der Waals surface area contributed by atoms with Gasteiger partial charge in [-0.25, -0.2) is 0 Å². The van der Waals surface area contributed by atoms with Crippen LogP contribution in [0.1, 0.15) is 49.9 Å². The van der Waals surface area contributed by atoms with E-state index >= 15 is 0 Å². The lowest BCUT2D eigenvalue weighted by atomic mass is 9.70. The number of hydrogen-bond donors (Lipinski definition) is 1. The molecule has 0 amide bonds. The summed E-state index contributed by atoms with van der Waals surface area (Å²) in [6, 6.07) is 28.9. The van der Waals surface area contributed by atoms with Gasteiger partial charge in [0.2, 0.25) is 0 Å². The van der Waals surface area contributed by atoms with Crippen molar-refractivity contribution in [2.24, 2.45) is 5.92 Å². The van der Waals surface area contributed by atoms with Crippen LogP contribution in [0.5, 0.6) is 0 Å². The summed E-state index contributed by atoms with van der Waals surface area (Å²) in [5.41, 5.74) is 6.22. The molecule has 0 spiro atoms. The molecular weight excluding hydrogens is 326 g/mol. The zero-order valence-corrected chi connectivity index (χ0v) is 17.2. The van der Waals surface area contributed by atoms with Gasteiger partial charge in [-0.1, -0.05) is 92.2 Å². The second-order valence-corrected chi connectivity index (χ2v) is 8.08. The van der Waals surface area contributed by atoms with E-state index < -0.39 is 0 Å². The van der Waals surface area contributed by atoms with Crippen molar-refractivity contribution < 1.29 is 0 Å². The molecule has 3 aromatic carbocycles. The minimum atomic E-state index is -0.229. The van der Waals surface area contributed by atoms with Crippen LogP contribution in [0.2, 0.25) is 0 Å². The molecule has 1 nitrogen and oxygen atoms in total. The maximum atomic E-state index is 3.78. The summed E-state index contributed by atoms with van der Waals surface area (Å²) in [4.78, 5) is 0. The first-order valence-electron chi connectivity index (χ1n) is 9.91. The smallest absolute Gasteiger partial charge is 0.0443 e. The summed E-state index contributed by atoms with van der Waals surface area (Å²) in [5, 5.41) is 3.78. The second-order valence-electron chi connectivity index (χ2n) is 8.08. The third kappa shape index (κ3) is 3.93. The van der Waals surface area contributed by atoms with E-state index in [1.165, 1.54) is 27.9 Å². The Kier molecular flexibility index (Phi) is 5.70. The standard InChI is InChI=1S/C26H31N/c1-19(2)21(4)27-25-17-16-20(3)18-24(25)26(5,22-12-8-6-9-13-22)23-14-10-7-11-15-23/h6-19,21,27H,1-5H3. The highest BCUT2D eigenvalue weighted by Gasteiger charge is 2.33. The Morgan fingerprint density at radius 3 is 1.74 bits per heavy atom. The fourth-order valence-corrected chi connectivity index (χ4v) is 3.63. The Labute approximate surface area is 164 Å². The van der Waals surface area contributed by atoms with Crippen LogP contribution < -0.4 is 5.32 Å². The summed E-state index contributed by atoms with van der Waals surface area (Å²) >= 11 is 0. The van der Waals surface area contributed by atoms with E-state index in [4.69, 9.17) is 0 Å². The fraction of sp³-hybridized carbons (Fsp3) is 0.308. The van der Waals surface area contributed by atoms with Gasteiger partial charge in [0.1, 0.15) is 0 Å². The van der Waals surface area contributed by atoms with Crippen molar-refractivity contribution in [2.75, 3.05) is 5.32 Å². The molecule has 140 valence electrons. The molecule has 27 heavy (non-hydrogen) atoms. The third-order valence-corrected chi connectivity index (χ3v) is 5.80. The zero-order chi connectivity index (χ0) is 19.4. The van der Waals surface area contributed by atoms with Crippen molar-refractivity contribution in [2.45, 2.75) is 46.1 Å². The Balaban J connectivity index is 2.23. The van der Waals surface area contributed by atoms with Gasteiger partial charge in [-0.2, -0.15) is 0 Å². The molecule has 3 rings (SSSR count). The van der Waals surface area contributed by atoms with Gasteiger partial charge in [-0.05, 0) is 49.4 Å². The van der Waals surface area contributed by atoms with Crippen LogP contribution in [0, 0.1) is 12.8 Å². The number of benzene rings is 3. The van der Waals surface area contributed by atoms with E-state index in [1.807, 2.05) is 0 Å². The van der Waals surface area contributed by atoms with Gasteiger partial charge < -0.3 is 5.32 Å². The van der Waals surface area contributed by atoms with E-state index in [-0.39, 0.29) is 5.41 Å². The lowest BCUT2D eigenvalue weighted by Gasteiger charge is -2.35. The Hall–Kier alpha value is -2.54. The van der Waals surface area contributed by atoms with Crippen LogP contribution in [0.3, 0.4) is 0 Å². The lowest BCUT2D eigenvalue weighted by Crippen LogP contribution is -2.29. The van der Waals surface area contributed by atoms with Crippen molar-refractivity contribution in [3.05, 3.63) is 101 Å². The highest BCUT2D eigenvalue weighted by atomic mass is 14.9. The van der Waals surface area contributed by atoms with Gasteiger partial charge in [-0.3, -0.25) is 0 Å². The molecule has 1 unspecified atom stereocenters. The molecule has 0 saturated carbocycles. The molecular formula is C26H31N. The van der Waals surface area contributed by atoms with Crippen molar-refractivity contribution in [1.29, 1.82) is 0 Å². The zero-order valence-electron chi connectivity index (χ0n) is 17.2. The Bertz CT molecular complexity index is 826. The second kappa shape index (κ2) is 8.00. The largest absolute Gasteiger partial charge is 0.382 e. The van der Waals surface area contributed by atoms with Crippen LogP contribution in [0.15, 0.2) is 78.9 Å². The van der Waals surface area contributed by atoms with Crippen LogP contribution in [-0.2, 0) is 5.41 Å². The topological polar surface area (TPSA) is 12.0 Å². The van der Waals surface area contributed by atoms with Gasteiger partial charge >= 0.3 is 0 Å². The molecule has 0 radical (unpaired) electrons. The molecule has 0 aromatic heterocycles. The molecule has 0 saturated heterocycles. The van der Waals surface area contributed by atoms with E-state index in [9.17, 15) is 0 Å². The van der Waals surface area contributed by atoms with Gasteiger partial charge in [0, 0.05) is 17.1 Å². The number of aryl methyl sites for hydroxylation is 1. The van der Waals surface area contributed by atoms with Crippen molar-refractivity contribution >= 4 is 5.69 Å². The molecule has 0 aliphatic heterocycles. The Morgan fingerprint density at radius 2 is 1.26 bits per heavy atom. The summed E-state index contributed by atoms with van der Waals surface area (Å²) in [5.74, 6) is 0.568. The van der Waals surface area contributed by atoms with Gasteiger partial charge in [0.25, 0.3) is 0 Å². The van der Waals surface area contributed by atoms with E-state index in [0.717, 1.165) is 0 Å². The molecule has 0 bridgehead atoms. The third-order valence-electron chi connectivity index (χ3n) is 5.80. The van der Waals surface area contributed by atoms with E-state index in [1.54, 1.807) is 0 Å². The summed E-state index contributed by atoms with van der Waals surface area (Å²) in [6.45, 7) is 11.3. The van der Waals surface area contributed by atoms with Crippen molar-refractivity contribution in [3.63, 3.8) is 0 Å². The highest BCUT2D eigenvalue weighted by molar-refractivity contribution is 5.63. The first kappa shape index (κ1) is 19.2. The minimum Gasteiger partial charge on any atom is -0.382 e. The summed E-state index contributed by atoms with van der Waals surface area (Å²) in [7, 11) is 0. The number of anilines is 1. The highest BCUT2D eigenvalue weighted by Crippen LogP contribution is 2.42. The average Bonchev–Trinajstić information content (AvgIpc) is 2.70. The molecule has 1 heteroatoms. The maximum absolute atomic E-state index is 3.78. The maximum Gasteiger partial charge on any atom is 0.0443 e. The Morgan fingerprint density at radius 1 is 0.741 bits per heavy atom. The lowest BCUT2D eigenvalue weighted by molar-refractivity contribution is 0.558. The molecule has 1 atom stereocenters. The number of rotatable bonds is 6. The quantitative estimate of drug-likeness (QED) is 0.478. The number of hydrogen-bond acceptors (Lipinski definition) is 1. The minimum absolute atomic E-state index is 0.229. The fourth-order valence-electron chi connectivity index (χ4n) is 3.63. The van der Waals surface area contributed by atoms with Crippen LogP contribution in [0.25, 0.3) is 0 Å². The number of nitrogens with one attached hydrogen (secondary N) is 1. The predicted molar refractivity (Wildman–Crippen MR) is 118 cm³/mol. The van der Waals surface area contributed by atoms with Gasteiger partial charge in [0.15, 0.2) is 0 Å². The van der Waals surface area contributed by atoms with Crippen molar-refractivity contribution in [1.82, 2.24) is 0 Å². The average molecular weight is 358 g/mol. The molecule has 0 aliphatic rings.